The van der Waals surface area contributed by atoms with Crippen molar-refractivity contribution in [3.63, 3.8) is 0 Å². The first-order valence-electron chi connectivity index (χ1n) is 13.2. The SMILES string of the molecule is CC(C)OCCCn1cnc2sc3c(c2c1=O)CCC(NC1CCN(Cc2ccccc2)CC1)C3. The van der Waals surface area contributed by atoms with Crippen molar-refractivity contribution in [1.82, 2.24) is 19.8 Å². The smallest absolute Gasteiger partial charge is 0.262 e. The number of likely N-dealkylation sites (tertiary alicyclic amines) is 1. The molecule has 0 saturated carbocycles. The summed E-state index contributed by atoms with van der Waals surface area (Å²) in [6, 6.07) is 11.9. The van der Waals surface area contributed by atoms with Gasteiger partial charge in [0.25, 0.3) is 5.56 Å². The number of aromatic nitrogens is 2. The topological polar surface area (TPSA) is 59.4 Å². The molecule has 7 heteroatoms. The van der Waals surface area contributed by atoms with E-state index in [4.69, 9.17) is 4.74 Å². The maximum Gasteiger partial charge on any atom is 0.262 e. The van der Waals surface area contributed by atoms with Crippen LogP contribution in [-0.4, -0.2) is 52.3 Å². The van der Waals surface area contributed by atoms with Crippen LogP contribution in [0.25, 0.3) is 10.2 Å². The number of thiophene rings is 1. The highest BCUT2D eigenvalue weighted by molar-refractivity contribution is 7.18. The normalized spacial score (nSPS) is 19.5. The maximum atomic E-state index is 13.2. The molecule has 2 aromatic heterocycles. The summed E-state index contributed by atoms with van der Waals surface area (Å²) in [5, 5.41) is 4.82. The summed E-state index contributed by atoms with van der Waals surface area (Å²) in [5.41, 5.74) is 2.78. The van der Waals surface area contributed by atoms with Gasteiger partial charge in [-0.2, -0.15) is 0 Å². The average Bonchev–Trinajstić information content (AvgIpc) is 3.23. The van der Waals surface area contributed by atoms with Gasteiger partial charge >= 0.3 is 0 Å². The molecule has 35 heavy (non-hydrogen) atoms. The van der Waals surface area contributed by atoms with E-state index in [0.717, 1.165) is 55.5 Å². The van der Waals surface area contributed by atoms with E-state index in [1.165, 1.54) is 28.8 Å². The zero-order chi connectivity index (χ0) is 24.2. The number of ether oxygens (including phenoxy) is 1. The Morgan fingerprint density at radius 3 is 2.71 bits per heavy atom. The van der Waals surface area contributed by atoms with Gasteiger partial charge < -0.3 is 10.1 Å². The number of aryl methyl sites for hydroxylation is 2. The van der Waals surface area contributed by atoms with E-state index in [9.17, 15) is 4.79 Å². The molecule has 3 heterocycles. The summed E-state index contributed by atoms with van der Waals surface area (Å²) in [6.45, 7) is 8.76. The number of hydrogen-bond acceptors (Lipinski definition) is 6. The fraction of sp³-hybridized carbons (Fsp3) is 0.571. The second-order valence-electron chi connectivity index (χ2n) is 10.3. The number of piperidine rings is 1. The summed E-state index contributed by atoms with van der Waals surface area (Å²) in [5.74, 6) is 0. The lowest BCUT2D eigenvalue weighted by Gasteiger charge is -2.35. The molecule has 1 aliphatic heterocycles. The van der Waals surface area contributed by atoms with Crippen molar-refractivity contribution in [3.8, 4) is 0 Å². The van der Waals surface area contributed by atoms with Crippen LogP contribution >= 0.6 is 11.3 Å². The van der Waals surface area contributed by atoms with Gasteiger partial charge in [-0.05, 0) is 76.6 Å². The Morgan fingerprint density at radius 2 is 1.94 bits per heavy atom. The number of benzene rings is 1. The molecule has 5 rings (SSSR count). The molecule has 1 aliphatic carbocycles. The van der Waals surface area contributed by atoms with E-state index in [-0.39, 0.29) is 11.7 Å². The minimum atomic E-state index is 0.120. The van der Waals surface area contributed by atoms with E-state index in [0.29, 0.717) is 25.2 Å². The first kappa shape index (κ1) is 24.6. The van der Waals surface area contributed by atoms with Gasteiger partial charge in [0.2, 0.25) is 0 Å². The van der Waals surface area contributed by atoms with E-state index < -0.39 is 0 Å². The maximum absolute atomic E-state index is 13.2. The van der Waals surface area contributed by atoms with Crippen LogP contribution < -0.4 is 10.9 Å². The minimum Gasteiger partial charge on any atom is -0.379 e. The summed E-state index contributed by atoms with van der Waals surface area (Å²) in [4.78, 5) is 22.7. The Morgan fingerprint density at radius 1 is 1.14 bits per heavy atom. The number of nitrogens with zero attached hydrogens (tertiary/aromatic N) is 3. The van der Waals surface area contributed by atoms with Crippen molar-refractivity contribution in [1.29, 1.82) is 0 Å². The van der Waals surface area contributed by atoms with Crippen molar-refractivity contribution in [3.05, 3.63) is 63.0 Å². The molecule has 1 unspecified atom stereocenters. The highest BCUT2D eigenvalue weighted by Gasteiger charge is 2.28. The molecule has 6 nitrogen and oxygen atoms in total. The van der Waals surface area contributed by atoms with Crippen LogP contribution in [0.3, 0.4) is 0 Å². The monoisotopic (exact) mass is 494 g/mol. The third-order valence-corrected chi connectivity index (χ3v) is 8.50. The molecule has 0 spiro atoms. The Hall–Kier alpha value is -2.06. The van der Waals surface area contributed by atoms with Crippen molar-refractivity contribution in [2.45, 2.75) is 83.6 Å². The molecule has 1 atom stereocenters. The second-order valence-corrected chi connectivity index (χ2v) is 11.4. The lowest BCUT2D eigenvalue weighted by atomic mass is 9.91. The molecule has 0 amide bonds. The summed E-state index contributed by atoms with van der Waals surface area (Å²) in [6.07, 6.45) is 8.26. The van der Waals surface area contributed by atoms with Crippen molar-refractivity contribution in [2.75, 3.05) is 19.7 Å². The Balaban J connectivity index is 1.16. The van der Waals surface area contributed by atoms with Gasteiger partial charge in [-0.1, -0.05) is 30.3 Å². The molecule has 1 N–H and O–H groups in total. The predicted molar refractivity (Wildman–Crippen MR) is 143 cm³/mol. The number of hydrogen-bond donors (Lipinski definition) is 1. The number of fused-ring (bicyclic) bond motifs is 3. The van der Waals surface area contributed by atoms with Gasteiger partial charge in [0.05, 0.1) is 17.8 Å². The molecule has 1 saturated heterocycles. The van der Waals surface area contributed by atoms with Crippen LogP contribution in [0.4, 0.5) is 0 Å². The standard InChI is InChI=1S/C28H38N4O2S/c1-20(2)34-16-6-13-32-19-29-27-26(28(32)33)24-10-9-23(17-25(24)35-27)30-22-11-14-31(15-12-22)18-21-7-4-3-5-8-21/h3-5,7-8,19-20,22-23,30H,6,9-18H2,1-2H3. The van der Waals surface area contributed by atoms with Crippen molar-refractivity contribution < 1.29 is 4.74 Å². The summed E-state index contributed by atoms with van der Waals surface area (Å²) in [7, 11) is 0. The van der Waals surface area contributed by atoms with Crippen LogP contribution in [0.1, 0.15) is 55.5 Å². The molecule has 0 bridgehead atoms. The van der Waals surface area contributed by atoms with Crippen LogP contribution in [0, 0.1) is 0 Å². The molecule has 2 aliphatic rings. The molecule has 1 aromatic carbocycles. The van der Waals surface area contributed by atoms with Gasteiger partial charge in [-0.15, -0.1) is 11.3 Å². The second kappa shape index (κ2) is 11.3. The predicted octanol–water partition coefficient (Wildman–Crippen LogP) is 4.38. The first-order chi connectivity index (χ1) is 17.1. The minimum absolute atomic E-state index is 0.120. The van der Waals surface area contributed by atoms with Gasteiger partial charge in [-0.25, -0.2) is 4.98 Å². The van der Waals surface area contributed by atoms with E-state index >= 15 is 0 Å². The van der Waals surface area contributed by atoms with Crippen LogP contribution in [0.2, 0.25) is 0 Å². The fourth-order valence-electron chi connectivity index (χ4n) is 5.49. The Kier molecular flexibility index (Phi) is 7.97. The zero-order valence-electron chi connectivity index (χ0n) is 21.0. The lowest BCUT2D eigenvalue weighted by molar-refractivity contribution is 0.0747. The van der Waals surface area contributed by atoms with E-state index in [1.54, 1.807) is 22.2 Å². The third kappa shape index (κ3) is 6.02. The lowest BCUT2D eigenvalue weighted by Crippen LogP contribution is -2.47. The summed E-state index contributed by atoms with van der Waals surface area (Å²) < 4.78 is 7.40. The fourth-order valence-corrected chi connectivity index (χ4v) is 6.75. The third-order valence-electron chi connectivity index (χ3n) is 7.34. The molecule has 1 fully saturated rings. The Bertz CT molecular complexity index is 1160. The number of nitrogens with one attached hydrogen (secondary N) is 1. The van der Waals surface area contributed by atoms with Gasteiger partial charge in [0.15, 0.2) is 0 Å². The molecular formula is C28H38N4O2S. The van der Waals surface area contributed by atoms with Gasteiger partial charge in [0.1, 0.15) is 4.83 Å². The molecular weight excluding hydrogens is 456 g/mol. The van der Waals surface area contributed by atoms with Crippen molar-refractivity contribution >= 4 is 21.6 Å². The van der Waals surface area contributed by atoms with Crippen LogP contribution in [-0.2, 0) is 30.7 Å². The highest BCUT2D eigenvalue weighted by Crippen LogP contribution is 2.34. The van der Waals surface area contributed by atoms with E-state index in [1.807, 2.05) is 13.8 Å². The van der Waals surface area contributed by atoms with Crippen LogP contribution in [0.5, 0.6) is 0 Å². The zero-order valence-corrected chi connectivity index (χ0v) is 21.9. The molecule has 188 valence electrons. The summed E-state index contributed by atoms with van der Waals surface area (Å²) >= 11 is 1.72. The van der Waals surface area contributed by atoms with Crippen LogP contribution in [0.15, 0.2) is 41.5 Å². The van der Waals surface area contributed by atoms with E-state index in [2.05, 4.69) is 45.5 Å². The average molecular weight is 495 g/mol. The van der Waals surface area contributed by atoms with Gasteiger partial charge in [0, 0.05) is 36.7 Å². The Labute approximate surface area is 212 Å². The van der Waals surface area contributed by atoms with Gasteiger partial charge in [-0.3, -0.25) is 14.3 Å². The van der Waals surface area contributed by atoms with Crippen molar-refractivity contribution in [2.24, 2.45) is 0 Å². The quantitative estimate of drug-likeness (QED) is 0.447. The first-order valence-corrected chi connectivity index (χ1v) is 14.0. The largest absolute Gasteiger partial charge is 0.379 e. The molecule has 0 radical (unpaired) electrons. The molecule has 3 aromatic rings. The number of rotatable bonds is 9. The highest BCUT2D eigenvalue weighted by atomic mass is 32.1.